The van der Waals surface area contributed by atoms with E-state index in [1.807, 2.05) is 48.5 Å². The molecule has 4 aromatic rings. The van der Waals surface area contributed by atoms with Crippen molar-refractivity contribution in [1.82, 2.24) is 9.97 Å². The Labute approximate surface area is 121 Å². The highest BCUT2D eigenvalue weighted by atomic mass is 16.3. The molecule has 1 aromatic heterocycles. The van der Waals surface area contributed by atoms with E-state index in [-0.39, 0.29) is 0 Å². The zero-order valence-corrected chi connectivity index (χ0v) is 11.4. The molecule has 0 spiro atoms. The number of aromatic amines is 1. The molecule has 3 nitrogen and oxygen atoms in total. The van der Waals surface area contributed by atoms with Gasteiger partial charge < -0.3 is 10.1 Å². The predicted molar refractivity (Wildman–Crippen MR) is 84.5 cm³/mol. The summed E-state index contributed by atoms with van der Waals surface area (Å²) in [5, 5.41) is 12.4. The number of para-hydroxylation sites is 2. The molecule has 0 aliphatic carbocycles. The largest absolute Gasteiger partial charge is 0.508 e. The van der Waals surface area contributed by atoms with Gasteiger partial charge in [0.05, 0.1) is 11.0 Å². The number of aromatic hydroxyl groups is 1. The minimum atomic E-state index is 0.314. The maximum atomic E-state index is 10.2. The Bertz CT molecular complexity index is 907. The molecule has 102 valence electrons. The molecule has 0 radical (unpaired) electrons. The van der Waals surface area contributed by atoms with Crippen molar-refractivity contribution >= 4 is 21.8 Å². The molecular weight excluding hydrogens is 260 g/mol. The summed E-state index contributed by atoms with van der Waals surface area (Å²) < 4.78 is 0. The van der Waals surface area contributed by atoms with Crippen molar-refractivity contribution in [3.05, 3.63) is 72.1 Å². The monoisotopic (exact) mass is 274 g/mol. The van der Waals surface area contributed by atoms with Crippen LogP contribution in [0.15, 0.2) is 60.7 Å². The lowest BCUT2D eigenvalue weighted by Crippen LogP contribution is -1.93. The van der Waals surface area contributed by atoms with Crippen LogP contribution >= 0.6 is 0 Å². The molecule has 1 heterocycles. The lowest BCUT2D eigenvalue weighted by Gasteiger charge is -2.07. The van der Waals surface area contributed by atoms with Crippen LogP contribution in [0.1, 0.15) is 11.4 Å². The Morgan fingerprint density at radius 3 is 2.62 bits per heavy atom. The van der Waals surface area contributed by atoms with Crippen molar-refractivity contribution in [1.29, 1.82) is 0 Å². The first-order valence-corrected chi connectivity index (χ1v) is 6.94. The number of hydrogen-bond acceptors (Lipinski definition) is 2. The number of phenolic OH excluding ortho intramolecular Hbond substituents is 1. The molecule has 0 aliphatic heterocycles. The van der Waals surface area contributed by atoms with Gasteiger partial charge in [0.25, 0.3) is 0 Å². The summed E-state index contributed by atoms with van der Waals surface area (Å²) in [6.45, 7) is 0. The van der Waals surface area contributed by atoms with Gasteiger partial charge in [-0.3, -0.25) is 0 Å². The van der Waals surface area contributed by atoms with Crippen LogP contribution in [0.3, 0.4) is 0 Å². The van der Waals surface area contributed by atoms with Gasteiger partial charge in [-0.25, -0.2) is 4.98 Å². The molecule has 3 aromatic carbocycles. The first-order chi connectivity index (χ1) is 10.3. The molecule has 4 rings (SSSR count). The van der Waals surface area contributed by atoms with Crippen molar-refractivity contribution in [3.63, 3.8) is 0 Å². The van der Waals surface area contributed by atoms with E-state index in [0.29, 0.717) is 12.2 Å². The van der Waals surface area contributed by atoms with Crippen LogP contribution < -0.4 is 0 Å². The number of rotatable bonds is 2. The van der Waals surface area contributed by atoms with E-state index in [1.165, 1.54) is 0 Å². The normalized spacial score (nSPS) is 11.2. The van der Waals surface area contributed by atoms with Crippen LogP contribution in [0.5, 0.6) is 5.75 Å². The van der Waals surface area contributed by atoms with Crippen molar-refractivity contribution in [2.24, 2.45) is 0 Å². The topological polar surface area (TPSA) is 48.9 Å². The minimum absolute atomic E-state index is 0.314. The average molecular weight is 274 g/mol. The van der Waals surface area contributed by atoms with Gasteiger partial charge in [0, 0.05) is 12.0 Å². The third kappa shape index (κ3) is 2.03. The quantitative estimate of drug-likeness (QED) is 0.580. The second kappa shape index (κ2) is 4.63. The van der Waals surface area contributed by atoms with E-state index in [1.54, 1.807) is 6.07 Å². The number of imidazole rings is 1. The molecule has 0 fully saturated rings. The number of H-pyrrole nitrogens is 1. The first-order valence-electron chi connectivity index (χ1n) is 6.94. The van der Waals surface area contributed by atoms with Gasteiger partial charge >= 0.3 is 0 Å². The lowest BCUT2D eigenvalue weighted by molar-refractivity contribution is 0.470. The first kappa shape index (κ1) is 12.0. The smallest absolute Gasteiger partial charge is 0.119 e. The van der Waals surface area contributed by atoms with E-state index >= 15 is 0 Å². The molecule has 0 aliphatic rings. The minimum Gasteiger partial charge on any atom is -0.508 e. The fourth-order valence-corrected chi connectivity index (χ4v) is 2.77. The summed E-state index contributed by atoms with van der Waals surface area (Å²) in [6.07, 6.45) is 0.585. The summed E-state index contributed by atoms with van der Waals surface area (Å²) in [6, 6.07) is 19.7. The summed E-state index contributed by atoms with van der Waals surface area (Å²) in [5.74, 6) is 1.18. The summed E-state index contributed by atoms with van der Waals surface area (Å²) in [7, 11) is 0. The van der Waals surface area contributed by atoms with E-state index in [4.69, 9.17) is 0 Å². The Morgan fingerprint density at radius 1 is 0.905 bits per heavy atom. The summed E-state index contributed by atoms with van der Waals surface area (Å²) in [4.78, 5) is 7.90. The number of nitrogens with one attached hydrogen (secondary N) is 1. The highest BCUT2D eigenvalue weighted by Gasteiger charge is 2.10. The van der Waals surface area contributed by atoms with Gasteiger partial charge in [-0.1, -0.05) is 42.5 Å². The van der Waals surface area contributed by atoms with E-state index < -0.39 is 0 Å². The number of hydrogen-bond donors (Lipinski definition) is 2. The van der Waals surface area contributed by atoms with E-state index in [0.717, 1.165) is 33.2 Å². The van der Waals surface area contributed by atoms with Gasteiger partial charge in [0.2, 0.25) is 0 Å². The molecule has 0 amide bonds. The fraction of sp³-hybridized carbons (Fsp3) is 0.0556. The second-order valence-corrected chi connectivity index (χ2v) is 5.16. The molecule has 0 saturated heterocycles. The second-order valence-electron chi connectivity index (χ2n) is 5.16. The number of aromatic nitrogens is 2. The lowest BCUT2D eigenvalue weighted by atomic mass is 10.0. The molecule has 2 N–H and O–H groups in total. The van der Waals surface area contributed by atoms with Crippen molar-refractivity contribution in [2.45, 2.75) is 6.42 Å². The highest BCUT2D eigenvalue weighted by Crippen LogP contribution is 2.29. The average Bonchev–Trinajstić information content (AvgIpc) is 2.92. The van der Waals surface area contributed by atoms with Gasteiger partial charge in [-0.15, -0.1) is 0 Å². The molecule has 0 unspecified atom stereocenters. The van der Waals surface area contributed by atoms with Crippen LogP contribution in [0, 0.1) is 0 Å². The van der Waals surface area contributed by atoms with Crippen molar-refractivity contribution < 1.29 is 5.11 Å². The Kier molecular flexibility index (Phi) is 2.64. The molecular formula is C18H14N2O. The number of phenols is 1. The highest BCUT2D eigenvalue weighted by molar-refractivity contribution is 5.88. The van der Waals surface area contributed by atoms with Crippen LogP contribution in [0.25, 0.3) is 21.8 Å². The van der Waals surface area contributed by atoms with Crippen LogP contribution in [-0.2, 0) is 6.42 Å². The maximum Gasteiger partial charge on any atom is 0.119 e. The standard InChI is InChI=1S/C18H14N2O/c21-17-10-9-12-5-1-2-6-13(12)14(17)11-18-19-15-7-3-4-8-16(15)20-18/h1-10,21H,11H2,(H,19,20). The van der Waals surface area contributed by atoms with Gasteiger partial charge in [0.15, 0.2) is 0 Å². The Balaban J connectivity index is 1.85. The molecule has 0 atom stereocenters. The van der Waals surface area contributed by atoms with Crippen LogP contribution in [0.2, 0.25) is 0 Å². The predicted octanol–water partition coefficient (Wildman–Crippen LogP) is 4.01. The molecule has 0 bridgehead atoms. The van der Waals surface area contributed by atoms with E-state index in [2.05, 4.69) is 16.0 Å². The van der Waals surface area contributed by atoms with Crippen LogP contribution in [-0.4, -0.2) is 15.1 Å². The molecule has 3 heteroatoms. The summed E-state index contributed by atoms with van der Waals surface area (Å²) in [5.41, 5.74) is 2.88. The van der Waals surface area contributed by atoms with Crippen molar-refractivity contribution in [3.8, 4) is 5.75 Å². The SMILES string of the molecule is Oc1ccc2ccccc2c1Cc1nc2ccccc2[nH]1. The number of benzene rings is 3. The van der Waals surface area contributed by atoms with Gasteiger partial charge in [-0.2, -0.15) is 0 Å². The Morgan fingerprint density at radius 2 is 1.71 bits per heavy atom. The maximum absolute atomic E-state index is 10.2. The number of fused-ring (bicyclic) bond motifs is 2. The van der Waals surface area contributed by atoms with E-state index in [9.17, 15) is 5.11 Å². The molecule has 0 saturated carbocycles. The zero-order valence-electron chi connectivity index (χ0n) is 11.4. The zero-order chi connectivity index (χ0) is 14.2. The molecule has 21 heavy (non-hydrogen) atoms. The third-order valence-electron chi connectivity index (χ3n) is 3.80. The van der Waals surface area contributed by atoms with Crippen LogP contribution in [0.4, 0.5) is 0 Å². The Hall–Kier alpha value is -2.81. The fourth-order valence-electron chi connectivity index (χ4n) is 2.77. The van der Waals surface area contributed by atoms with Gasteiger partial charge in [-0.05, 0) is 29.0 Å². The third-order valence-corrected chi connectivity index (χ3v) is 3.80. The number of nitrogens with zero attached hydrogens (tertiary/aromatic N) is 1. The summed E-state index contributed by atoms with van der Waals surface area (Å²) >= 11 is 0. The van der Waals surface area contributed by atoms with Crippen molar-refractivity contribution in [2.75, 3.05) is 0 Å². The van der Waals surface area contributed by atoms with Gasteiger partial charge in [0.1, 0.15) is 11.6 Å².